The normalized spacial score (nSPS) is 10.5. The highest BCUT2D eigenvalue weighted by Gasteiger charge is 2.16. The Kier molecular flexibility index (Phi) is 7.18. The maximum absolute atomic E-state index is 12.5. The van der Waals surface area contributed by atoms with E-state index in [-0.39, 0.29) is 5.97 Å². The van der Waals surface area contributed by atoms with Crippen LogP contribution < -0.4 is 10.6 Å². The van der Waals surface area contributed by atoms with Crippen LogP contribution in [-0.4, -0.2) is 12.6 Å². The average molecular weight is 477 g/mol. The SMILES string of the molecule is CCOC(=O)c1ccc(Nc2ccc(Cl)cc2)c(-c2ccc(Cl)cc2Nc2ccccc2)c1. The summed E-state index contributed by atoms with van der Waals surface area (Å²) in [5.74, 6) is -0.372. The highest BCUT2D eigenvalue weighted by Crippen LogP contribution is 2.38. The fourth-order valence-electron chi connectivity index (χ4n) is 3.44. The minimum atomic E-state index is -0.372. The van der Waals surface area contributed by atoms with Crippen LogP contribution in [0.2, 0.25) is 10.0 Å². The summed E-state index contributed by atoms with van der Waals surface area (Å²) in [6.07, 6.45) is 0. The van der Waals surface area contributed by atoms with Gasteiger partial charge in [-0.2, -0.15) is 0 Å². The standard InChI is InChI=1S/C27H22Cl2N2O2/c1-2-33-27(32)18-8-15-25(30-22-12-9-19(28)10-13-22)24(16-18)23-14-11-20(29)17-26(23)31-21-6-4-3-5-7-21/h3-17,30-31H,2H2,1H3. The lowest BCUT2D eigenvalue weighted by atomic mass is 9.98. The van der Waals surface area contributed by atoms with E-state index in [4.69, 9.17) is 27.9 Å². The number of hydrogen-bond donors (Lipinski definition) is 2. The van der Waals surface area contributed by atoms with Crippen molar-refractivity contribution < 1.29 is 9.53 Å². The smallest absolute Gasteiger partial charge is 0.338 e. The summed E-state index contributed by atoms with van der Waals surface area (Å²) in [4.78, 5) is 12.5. The Balaban J connectivity index is 1.82. The number of nitrogens with one attached hydrogen (secondary N) is 2. The first-order chi connectivity index (χ1) is 16.0. The van der Waals surface area contributed by atoms with E-state index in [0.29, 0.717) is 22.2 Å². The Labute approximate surface area is 203 Å². The van der Waals surface area contributed by atoms with Crippen molar-refractivity contribution in [1.29, 1.82) is 0 Å². The fourth-order valence-corrected chi connectivity index (χ4v) is 3.74. The molecule has 4 aromatic carbocycles. The van der Waals surface area contributed by atoms with Crippen LogP contribution >= 0.6 is 23.2 Å². The number of para-hydroxylation sites is 1. The van der Waals surface area contributed by atoms with Gasteiger partial charge in [0, 0.05) is 43.9 Å². The highest BCUT2D eigenvalue weighted by atomic mass is 35.5. The van der Waals surface area contributed by atoms with Gasteiger partial charge in [-0.1, -0.05) is 47.5 Å². The number of halogens is 2. The predicted octanol–water partition coefficient (Wildman–Crippen LogP) is 8.32. The van der Waals surface area contributed by atoms with Gasteiger partial charge in [0.15, 0.2) is 0 Å². The summed E-state index contributed by atoms with van der Waals surface area (Å²) in [6, 6.07) is 28.4. The molecule has 0 heterocycles. The first kappa shape index (κ1) is 22.7. The van der Waals surface area contributed by atoms with E-state index in [1.807, 2.05) is 84.9 Å². The zero-order valence-electron chi connectivity index (χ0n) is 17.9. The Hall–Kier alpha value is -3.47. The van der Waals surface area contributed by atoms with Crippen LogP contribution in [-0.2, 0) is 4.74 Å². The zero-order valence-corrected chi connectivity index (χ0v) is 19.5. The summed E-state index contributed by atoms with van der Waals surface area (Å²) >= 11 is 12.4. The highest BCUT2D eigenvalue weighted by molar-refractivity contribution is 6.31. The molecule has 0 amide bonds. The quantitative estimate of drug-likeness (QED) is 0.263. The lowest BCUT2D eigenvalue weighted by Crippen LogP contribution is -2.06. The van der Waals surface area contributed by atoms with E-state index < -0.39 is 0 Å². The number of carbonyl (C=O) groups is 1. The van der Waals surface area contributed by atoms with Crippen molar-refractivity contribution >= 4 is 51.9 Å². The molecular weight excluding hydrogens is 455 g/mol. The van der Waals surface area contributed by atoms with Gasteiger partial charge in [0.2, 0.25) is 0 Å². The summed E-state index contributed by atoms with van der Waals surface area (Å²) in [6.45, 7) is 2.09. The number of esters is 1. The van der Waals surface area contributed by atoms with Crippen molar-refractivity contribution in [2.45, 2.75) is 6.92 Å². The molecule has 0 saturated carbocycles. The number of carbonyl (C=O) groups excluding carboxylic acids is 1. The molecule has 0 radical (unpaired) electrons. The second-order valence-electron chi connectivity index (χ2n) is 7.29. The minimum absolute atomic E-state index is 0.306. The summed E-state index contributed by atoms with van der Waals surface area (Å²) in [5, 5.41) is 8.13. The second kappa shape index (κ2) is 10.4. The van der Waals surface area contributed by atoms with Crippen LogP contribution in [0.5, 0.6) is 0 Å². The summed E-state index contributed by atoms with van der Waals surface area (Å²) in [7, 11) is 0. The molecular formula is C27H22Cl2N2O2. The van der Waals surface area contributed by atoms with E-state index in [2.05, 4.69) is 10.6 Å². The largest absolute Gasteiger partial charge is 0.462 e. The topological polar surface area (TPSA) is 50.4 Å². The third-order valence-electron chi connectivity index (χ3n) is 4.98. The van der Waals surface area contributed by atoms with E-state index in [1.165, 1.54) is 0 Å². The lowest BCUT2D eigenvalue weighted by molar-refractivity contribution is 0.0526. The molecule has 0 spiro atoms. The second-order valence-corrected chi connectivity index (χ2v) is 8.17. The van der Waals surface area contributed by atoms with Gasteiger partial charge < -0.3 is 15.4 Å². The van der Waals surface area contributed by atoms with Crippen molar-refractivity contribution in [2.24, 2.45) is 0 Å². The maximum atomic E-state index is 12.5. The molecule has 4 aromatic rings. The Morgan fingerprint density at radius 2 is 1.39 bits per heavy atom. The summed E-state index contributed by atoms with van der Waals surface area (Å²) in [5.41, 5.74) is 5.61. The van der Waals surface area contributed by atoms with Gasteiger partial charge in [-0.3, -0.25) is 0 Å². The first-order valence-corrected chi connectivity index (χ1v) is 11.2. The number of ether oxygens (including phenoxy) is 1. The van der Waals surface area contributed by atoms with Crippen LogP contribution in [0.1, 0.15) is 17.3 Å². The van der Waals surface area contributed by atoms with Crippen LogP contribution in [0, 0.1) is 0 Å². The molecule has 0 unspecified atom stereocenters. The molecule has 0 aliphatic carbocycles. The Bertz CT molecular complexity index is 1260. The van der Waals surface area contributed by atoms with Gasteiger partial charge in [-0.25, -0.2) is 4.79 Å². The van der Waals surface area contributed by atoms with Gasteiger partial charge in [0.1, 0.15) is 0 Å². The average Bonchev–Trinajstić information content (AvgIpc) is 2.82. The molecule has 0 saturated heterocycles. The van der Waals surface area contributed by atoms with E-state index in [1.54, 1.807) is 13.0 Å². The first-order valence-electron chi connectivity index (χ1n) is 10.5. The molecule has 0 aromatic heterocycles. The number of rotatable bonds is 7. The number of anilines is 4. The van der Waals surface area contributed by atoms with Crippen LogP contribution in [0.4, 0.5) is 22.7 Å². The van der Waals surface area contributed by atoms with E-state index >= 15 is 0 Å². The monoisotopic (exact) mass is 476 g/mol. The van der Waals surface area contributed by atoms with Crippen molar-refractivity contribution in [3.8, 4) is 11.1 Å². The van der Waals surface area contributed by atoms with Crippen molar-refractivity contribution in [3.05, 3.63) is 107 Å². The van der Waals surface area contributed by atoms with Crippen LogP contribution in [0.15, 0.2) is 91.0 Å². The Morgan fingerprint density at radius 3 is 2.12 bits per heavy atom. The van der Waals surface area contributed by atoms with Crippen LogP contribution in [0.25, 0.3) is 11.1 Å². The molecule has 6 heteroatoms. The third-order valence-corrected chi connectivity index (χ3v) is 5.47. The lowest BCUT2D eigenvalue weighted by Gasteiger charge is -2.18. The molecule has 0 bridgehead atoms. The summed E-state index contributed by atoms with van der Waals surface area (Å²) < 4.78 is 5.22. The molecule has 166 valence electrons. The van der Waals surface area contributed by atoms with Crippen molar-refractivity contribution in [1.82, 2.24) is 0 Å². The van der Waals surface area contributed by atoms with Gasteiger partial charge in [-0.15, -0.1) is 0 Å². The van der Waals surface area contributed by atoms with Gasteiger partial charge in [-0.05, 0) is 73.7 Å². The molecule has 2 N–H and O–H groups in total. The molecule has 4 rings (SSSR count). The predicted molar refractivity (Wildman–Crippen MR) is 137 cm³/mol. The molecule has 0 aliphatic heterocycles. The number of benzene rings is 4. The molecule has 4 nitrogen and oxygen atoms in total. The van der Waals surface area contributed by atoms with Crippen LogP contribution in [0.3, 0.4) is 0 Å². The van der Waals surface area contributed by atoms with Gasteiger partial charge >= 0.3 is 5.97 Å². The Morgan fingerprint density at radius 1 is 0.727 bits per heavy atom. The molecule has 0 atom stereocenters. The van der Waals surface area contributed by atoms with E-state index in [9.17, 15) is 4.79 Å². The maximum Gasteiger partial charge on any atom is 0.338 e. The third kappa shape index (κ3) is 5.67. The van der Waals surface area contributed by atoms with Gasteiger partial charge in [0.25, 0.3) is 0 Å². The van der Waals surface area contributed by atoms with Crippen molar-refractivity contribution in [2.75, 3.05) is 17.2 Å². The van der Waals surface area contributed by atoms with E-state index in [0.717, 1.165) is 33.9 Å². The minimum Gasteiger partial charge on any atom is -0.462 e. The zero-order chi connectivity index (χ0) is 23.2. The van der Waals surface area contributed by atoms with Gasteiger partial charge in [0.05, 0.1) is 12.2 Å². The molecule has 0 fully saturated rings. The molecule has 0 aliphatic rings. The fraction of sp³-hybridized carbons (Fsp3) is 0.0741. The molecule has 33 heavy (non-hydrogen) atoms. The van der Waals surface area contributed by atoms with Crippen molar-refractivity contribution in [3.63, 3.8) is 0 Å². The number of hydrogen-bond acceptors (Lipinski definition) is 4.